The van der Waals surface area contributed by atoms with Crippen molar-refractivity contribution in [1.82, 2.24) is 14.8 Å². The van der Waals surface area contributed by atoms with Crippen molar-refractivity contribution in [2.45, 2.75) is 12.8 Å². The van der Waals surface area contributed by atoms with Crippen LogP contribution in [0.4, 0.5) is 4.39 Å². The lowest BCUT2D eigenvalue weighted by Crippen LogP contribution is -2.44. The standard InChI is InChI=1S/C26H26FN3O2/c1-29(2)25(32)26(12-15-30(18-26)24(31)21-10-13-28-14-11-21)17-19-4-3-5-22(16-19)20-6-8-23(27)9-7-20/h3-11,13-14,16H,12,15,17-18H2,1-2H3/t26-/m0/s1. The van der Waals surface area contributed by atoms with Crippen LogP contribution < -0.4 is 0 Å². The second kappa shape index (κ2) is 8.91. The van der Waals surface area contributed by atoms with Crippen LogP contribution in [0.3, 0.4) is 0 Å². The van der Waals surface area contributed by atoms with Crippen LogP contribution in [0.5, 0.6) is 0 Å². The second-order valence-electron chi connectivity index (χ2n) is 8.58. The van der Waals surface area contributed by atoms with Crippen molar-refractivity contribution in [2.24, 2.45) is 5.41 Å². The first-order chi connectivity index (χ1) is 15.4. The van der Waals surface area contributed by atoms with Gasteiger partial charge in [-0.25, -0.2) is 4.39 Å². The molecular weight excluding hydrogens is 405 g/mol. The summed E-state index contributed by atoms with van der Waals surface area (Å²) in [4.78, 5) is 33.6. The van der Waals surface area contributed by atoms with Gasteiger partial charge in [-0.3, -0.25) is 14.6 Å². The Kier molecular flexibility index (Phi) is 6.04. The van der Waals surface area contributed by atoms with E-state index in [4.69, 9.17) is 0 Å². The van der Waals surface area contributed by atoms with Crippen molar-refractivity contribution < 1.29 is 14.0 Å². The summed E-state index contributed by atoms with van der Waals surface area (Å²) in [6.45, 7) is 0.893. The molecule has 3 aromatic rings. The molecule has 1 saturated heterocycles. The van der Waals surface area contributed by atoms with Crippen LogP contribution >= 0.6 is 0 Å². The van der Waals surface area contributed by atoms with Gasteiger partial charge < -0.3 is 9.80 Å². The maximum Gasteiger partial charge on any atom is 0.253 e. The number of halogens is 1. The lowest BCUT2D eigenvalue weighted by molar-refractivity contribution is -0.138. The normalized spacial score (nSPS) is 17.9. The first kappa shape index (κ1) is 21.7. The molecule has 0 radical (unpaired) electrons. The number of aromatic nitrogens is 1. The number of nitrogens with zero attached hydrogens (tertiary/aromatic N) is 3. The van der Waals surface area contributed by atoms with Gasteiger partial charge in [-0.2, -0.15) is 0 Å². The van der Waals surface area contributed by atoms with Gasteiger partial charge in [-0.1, -0.05) is 36.4 Å². The van der Waals surface area contributed by atoms with E-state index >= 15 is 0 Å². The molecule has 1 aromatic heterocycles. The molecule has 164 valence electrons. The van der Waals surface area contributed by atoms with Crippen LogP contribution in [0.1, 0.15) is 22.3 Å². The fourth-order valence-corrected chi connectivity index (χ4v) is 4.49. The molecule has 2 aromatic carbocycles. The molecule has 0 unspecified atom stereocenters. The number of rotatable bonds is 5. The molecule has 1 aliphatic heterocycles. The Bertz CT molecular complexity index is 1120. The molecule has 0 saturated carbocycles. The number of pyridine rings is 1. The Morgan fingerprint density at radius 2 is 1.75 bits per heavy atom. The Balaban J connectivity index is 1.61. The summed E-state index contributed by atoms with van der Waals surface area (Å²) < 4.78 is 13.3. The van der Waals surface area contributed by atoms with E-state index in [1.165, 1.54) is 12.1 Å². The molecule has 2 amide bonds. The summed E-state index contributed by atoms with van der Waals surface area (Å²) in [5.74, 6) is -0.332. The van der Waals surface area contributed by atoms with Gasteiger partial charge in [-0.15, -0.1) is 0 Å². The van der Waals surface area contributed by atoms with E-state index in [0.717, 1.165) is 16.7 Å². The molecule has 1 aliphatic rings. The summed E-state index contributed by atoms with van der Waals surface area (Å²) in [5, 5.41) is 0. The average Bonchev–Trinajstić information content (AvgIpc) is 3.24. The minimum Gasteiger partial charge on any atom is -0.348 e. The highest BCUT2D eigenvalue weighted by Crippen LogP contribution is 2.37. The third-order valence-electron chi connectivity index (χ3n) is 6.08. The Labute approximate surface area is 187 Å². The first-order valence-electron chi connectivity index (χ1n) is 10.6. The molecule has 5 nitrogen and oxygen atoms in total. The van der Waals surface area contributed by atoms with Gasteiger partial charge in [0.1, 0.15) is 5.82 Å². The predicted molar refractivity (Wildman–Crippen MR) is 121 cm³/mol. The SMILES string of the molecule is CN(C)C(=O)[C@]1(Cc2cccc(-c3ccc(F)cc3)c2)CCN(C(=O)c2ccncc2)C1. The molecule has 1 atom stereocenters. The van der Waals surface area contributed by atoms with Crippen LogP contribution in [0.2, 0.25) is 0 Å². The van der Waals surface area contributed by atoms with Gasteiger partial charge in [0.05, 0.1) is 5.41 Å². The van der Waals surface area contributed by atoms with Crippen molar-refractivity contribution in [3.8, 4) is 11.1 Å². The largest absolute Gasteiger partial charge is 0.348 e. The second-order valence-corrected chi connectivity index (χ2v) is 8.58. The van der Waals surface area contributed by atoms with Crippen molar-refractivity contribution in [2.75, 3.05) is 27.2 Å². The maximum atomic E-state index is 13.3. The van der Waals surface area contributed by atoms with Crippen LogP contribution in [-0.2, 0) is 11.2 Å². The lowest BCUT2D eigenvalue weighted by Gasteiger charge is -2.31. The smallest absolute Gasteiger partial charge is 0.253 e. The summed E-state index contributed by atoms with van der Waals surface area (Å²) in [6, 6.07) is 17.8. The molecule has 0 bridgehead atoms. The third-order valence-corrected chi connectivity index (χ3v) is 6.08. The van der Waals surface area contributed by atoms with Crippen LogP contribution in [0.25, 0.3) is 11.1 Å². The molecule has 0 aliphatic carbocycles. The van der Waals surface area contributed by atoms with Crippen molar-refractivity contribution in [3.63, 3.8) is 0 Å². The number of likely N-dealkylation sites (tertiary alicyclic amines) is 1. The fraction of sp³-hybridized carbons (Fsp3) is 0.269. The molecule has 0 N–H and O–H groups in total. The average molecular weight is 432 g/mol. The topological polar surface area (TPSA) is 53.5 Å². The van der Waals surface area contributed by atoms with Crippen LogP contribution in [-0.4, -0.2) is 53.8 Å². The van der Waals surface area contributed by atoms with E-state index in [1.807, 2.05) is 24.3 Å². The zero-order chi connectivity index (χ0) is 22.7. The van der Waals surface area contributed by atoms with Gasteiger partial charge in [0.15, 0.2) is 0 Å². The third kappa shape index (κ3) is 4.40. The Hall–Kier alpha value is -3.54. The van der Waals surface area contributed by atoms with Gasteiger partial charge in [0.2, 0.25) is 5.91 Å². The quantitative estimate of drug-likeness (QED) is 0.612. The minimum atomic E-state index is -0.687. The van der Waals surface area contributed by atoms with E-state index in [9.17, 15) is 14.0 Å². The number of hydrogen-bond acceptors (Lipinski definition) is 3. The number of amides is 2. The van der Waals surface area contributed by atoms with E-state index in [1.54, 1.807) is 60.6 Å². The minimum absolute atomic E-state index is 0.0229. The zero-order valence-electron chi connectivity index (χ0n) is 18.3. The van der Waals surface area contributed by atoms with Crippen molar-refractivity contribution in [3.05, 3.63) is 90.0 Å². The molecule has 32 heavy (non-hydrogen) atoms. The molecule has 0 spiro atoms. The van der Waals surface area contributed by atoms with E-state index in [0.29, 0.717) is 31.5 Å². The van der Waals surface area contributed by atoms with Crippen LogP contribution in [0, 0.1) is 11.2 Å². The summed E-state index contributed by atoms with van der Waals surface area (Å²) in [5.41, 5.74) is 2.79. The Morgan fingerprint density at radius 3 is 2.44 bits per heavy atom. The van der Waals surface area contributed by atoms with Crippen molar-refractivity contribution >= 4 is 11.8 Å². The first-order valence-corrected chi connectivity index (χ1v) is 10.6. The fourth-order valence-electron chi connectivity index (χ4n) is 4.49. The number of carbonyl (C=O) groups is 2. The monoisotopic (exact) mass is 431 g/mol. The number of carbonyl (C=O) groups excluding carboxylic acids is 2. The van der Waals surface area contributed by atoms with Crippen molar-refractivity contribution in [1.29, 1.82) is 0 Å². The van der Waals surface area contributed by atoms with Gasteiger partial charge in [-0.05, 0) is 53.8 Å². The summed E-state index contributed by atoms with van der Waals surface area (Å²) >= 11 is 0. The molecule has 4 rings (SSSR count). The number of hydrogen-bond donors (Lipinski definition) is 0. The van der Waals surface area contributed by atoms with E-state index in [2.05, 4.69) is 4.98 Å². The highest BCUT2D eigenvalue weighted by atomic mass is 19.1. The molecule has 1 fully saturated rings. The highest BCUT2D eigenvalue weighted by molar-refractivity contribution is 5.95. The predicted octanol–water partition coefficient (Wildman–Crippen LogP) is 4.05. The molecule has 2 heterocycles. The lowest BCUT2D eigenvalue weighted by atomic mass is 9.79. The van der Waals surface area contributed by atoms with Gasteiger partial charge in [0, 0.05) is 45.1 Å². The number of benzene rings is 2. The zero-order valence-corrected chi connectivity index (χ0v) is 18.3. The highest BCUT2D eigenvalue weighted by Gasteiger charge is 2.46. The van der Waals surface area contributed by atoms with Gasteiger partial charge >= 0.3 is 0 Å². The summed E-state index contributed by atoms with van der Waals surface area (Å²) in [7, 11) is 3.51. The molecule has 6 heteroatoms. The van der Waals surface area contributed by atoms with Gasteiger partial charge in [0.25, 0.3) is 5.91 Å². The molecular formula is C26H26FN3O2. The van der Waals surface area contributed by atoms with E-state index < -0.39 is 5.41 Å². The Morgan fingerprint density at radius 1 is 1.03 bits per heavy atom. The van der Waals surface area contributed by atoms with Crippen LogP contribution in [0.15, 0.2) is 73.1 Å². The van der Waals surface area contributed by atoms with E-state index in [-0.39, 0.29) is 17.6 Å². The summed E-state index contributed by atoms with van der Waals surface area (Å²) in [6.07, 6.45) is 4.33. The maximum absolute atomic E-state index is 13.3.